The summed E-state index contributed by atoms with van der Waals surface area (Å²) in [7, 11) is 0. The molecule has 0 unspecified atom stereocenters. The van der Waals surface area contributed by atoms with Gasteiger partial charge in [0.1, 0.15) is 0 Å². The lowest BCUT2D eigenvalue weighted by Crippen LogP contribution is -2.45. The van der Waals surface area contributed by atoms with Gasteiger partial charge in [-0.2, -0.15) is 0 Å². The van der Waals surface area contributed by atoms with Crippen LogP contribution >= 0.6 is 0 Å². The zero-order valence-corrected chi connectivity index (χ0v) is 11.3. The maximum Gasteiger partial charge on any atom is 0.0305 e. The van der Waals surface area contributed by atoms with Crippen molar-refractivity contribution in [1.82, 2.24) is 15.1 Å². The zero-order valence-electron chi connectivity index (χ0n) is 11.3. The van der Waals surface area contributed by atoms with Crippen LogP contribution in [0.4, 0.5) is 8.96 Å². The molecule has 2 heterocycles. The third-order valence-corrected chi connectivity index (χ3v) is 4.39. The molecule has 0 aromatic rings. The minimum absolute atomic E-state index is 0.519. The summed E-state index contributed by atoms with van der Waals surface area (Å²) in [5.74, 6) is 0.611. The van der Waals surface area contributed by atoms with Gasteiger partial charge in [-0.1, -0.05) is 6.92 Å². The van der Waals surface area contributed by atoms with Crippen LogP contribution in [-0.2, 0) is 0 Å². The summed E-state index contributed by atoms with van der Waals surface area (Å²) in [6.07, 6.45) is 3.75. The molecule has 0 aliphatic carbocycles. The summed E-state index contributed by atoms with van der Waals surface area (Å²) >= 11 is 0. The fourth-order valence-electron chi connectivity index (χ4n) is 3.15. The van der Waals surface area contributed by atoms with Gasteiger partial charge in [-0.25, -0.2) is 0 Å². The van der Waals surface area contributed by atoms with Crippen molar-refractivity contribution in [3.63, 3.8) is 0 Å². The molecule has 0 aromatic heterocycles. The Kier molecular flexibility index (Phi) is 5.33. The van der Waals surface area contributed by atoms with Crippen molar-refractivity contribution in [1.29, 1.82) is 0 Å². The Labute approximate surface area is 109 Å². The van der Waals surface area contributed by atoms with Crippen LogP contribution in [0.3, 0.4) is 0 Å². The first-order valence-corrected chi connectivity index (χ1v) is 7.24. The van der Waals surface area contributed by atoms with Crippen LogP contribution in [0.5, 0.6) is 0 Å². The molecule has 2 aliphatic rings. The summed E-state index contributed by atoms with van der Waals surface area (Å²) < 4.78 is 25.9. The van der Waals surface area contributed by atoms with Crippen LogP contribution in [0.25, 0.3) is 0 Å². The smallest absolute Gasteiger partial charge is 0.0305 e. The van der Waals surface area contributed by atoms with Crippen LogP contribution in [0.1, 0.15) is 32.6 Å². The molecular weight excluding hydrogens is 236 g/mol. The van der Waals surface area contributed by atoms with E-state index in [0.29, 0.717) is 38.1 Å². The fourth-order valence-corrected chi connectivity index (χ4v) is 3.15. The summed E-state index contributed by atoms with van der Waals surface area (Å²) in [5, 5.41) is 1.85. The molecule has 0 bridgehead atoms. The molecule has 0 amide bonds. The first-order valence-electron chi connectivity index (χ1n) is 7.24. The number of piperidine rings is 2. The zero-order chi connectivity index (χ0) is 13.0. The molecule has 2 rings (SSSR count). The Morgan fingerprint density at radius 3 is 1.94 bits per heavy atom. The number of hydrogen-bond acceptors (Lipinski definition) is 3. The summed E-state index contributed by atoms with van der Waals surface area (Å²) in [6.45, 7) is 6.52. The van der Waals surface area contributed by atoms with Gasteiger partial charge in [0.2, 0.25) is 0 Å². The molecule has 0 atom stereocenters. The summed E-state index contributed by atoms with van der Waals surface area (Å²) in [4.78, 5) is 2.48. The van der Waals surface area contributed by atoms with Crippen molar-refractivity contribution in [2.75, 3.05) is 39.3 Å². The van der Waals surface area contributed by atoms with Crippen molar-refractivity contribution >= 4 is 0 Å². The lowest BCUT2D eigenvalue weighted by Gasteiger charge is -2.38. The monoisotopic (exact) mass is 261 g/mol. The minimum atomic E-state index is 0.519. The van der Waals surface area contributed by atoms with Crippen molar-refractivity contribution in [3.8, 4) is 0 Å². The Hall–Kier alpha value is -0.260. The molecule has 0 N–H and O–H groups in total. The largest absolute Gasteiger partial charge is 0.300 e. The molecule has 2 saturated heterocycles. The van der Waals surface area contributed by atoms with Crippen molar-refractivity contribution in [2.24, 2.45) is 5.92 Å². The number of rotatable bonds is 4. The molecule has 5 heteroatoms. The molecule has 0 radical (unpaired) electrons. The maximum absolute atomic E-state index is 13.0. The highest BCUT2D eigenvalue weighted by Crippen LogP contribution is 2.22. The fraction of sp³-hybridized carbons (Fsp3) is 1.00. The van der Waals surface area contributed by atoms with E-state index in [0.717, 1.165) is 49.0 Å². The highest BCUT2D eigenvalue weighted by atomic mass is 19.2. The Morgan fingerprint density at radius 2 is 1.44 bits per heavy atom. The summed E-state index contributed by atoms with van der Waals surface area (Å²) in [6, 6.07) is 0.519. The van der Waals surface area contributed by atoms with E-state index in [1.165, 1.54) is 0 Å². The van der Waals surface area contributed by atoms with E-state index in [-0.39, 0.29) is 0 Å². The molecule has 0 spiro atoms. The summed E-state index contributed by atoms with van der Waals surface area (Å²) in [5.41, 5.74) is 0. The van der Waals surface area contributed by atoms with Crippen molar-refractivity contribution < 1.29 is 8.96 Å². The highest BCUT2D eigenvalue weighted by molar-refractivity contribution is 4.80. The van der Waals surface area contributed by atoms with E-state index in [9.17, 15) is 8.96 Å². The number of hydrogen-bond donors (Lipinski definition) is 0. The van der Waals surface area contributed by atoms with Gasteiger partial charge >= 0.3 is 0 Å². The second-order valence-electron chi connectivity index (χ2n) is 5.58. The van der Waals surface area contributed by atoms with Gasteiger partial charge in [0.25, 0.3) is 0 Å². The van der Waals surface area contributed by atoms with Gasteiger partial charge in [-0.05, 0) is 38.1 Å². The lowest BCUT2D eigenvalue weighted by molar-refractivity contribution is -0.0332. The van der Waals surface area contributed by atoms with Crippen LogP contribution in [-0.4, -0.2) is 60.5 Å². The van der Waals surface area contributed by atoms with Crippen LogP contribution in [0, 0.1) is 5.92 Å². The number of halogens is 2. The quantitative estimate of drug-likeness (QED) is 0.719. The third kappa shape index (κ3) is 3.87. The average Bonchev–Trinajstić information content (AvgIpc) is 2.39. The SMILES string of the molecule is CCN(CC1CCN(F)CC1)C1CCN(F)CC1. The normalized spacial score (nSPS) is 26.0. The predicted molar refractivity (Wildman–Crippen MR) is 68.4 cm³/mol. The van der Waals surface area contributed by atoms with E-state index < -0.39 is 0 Å². The van der Waals surface area contributed by atoms with Gasteiger partial charge in [0.15, 0.2) is 0 Å². The lowest BCUT2D eigenvalue weighted by atomic mass is 9.95. The molecule has 2 aliphatic heterocycles. The van der Waals surface area contributed by atoms with Gasteiger partial charge in [0.05, 0.1) is 0 Å². The highest BCUT2D eigenvalue weighted by Gasteiger charge is 2.27. The molecule has 106 valence electrons. The van der Waals surface area contributed by atoms with Gasteiger partial charge in [-0.3, -0.25) is 0 Å². The first-order chi connectivity index (χ1) is 8.69. The van der Waals surface area contributed by atoms with Gasteiger partial charge in [-0.15, -0.1) is 19.2 Å². The van der Waals surface area contributed by atoms with Crippen molar-refractivity contribution in [3.05, 3.63) is 0 Å². The predicted octanol–water partition coefficient (Wildman–Crippen LogP) is 2.25. The Morgan fingerprint density at radius 1 is 0.944 bits per heavy atom. The second kappa shape index (κ2) is 6.78. The molecule has 3 nitrogen and oxygen atoms in total. The molecule has 0 aromatic carbocycles. The van der Waals surface area contributed by atoms with Crippen LogP contribution in [0.15, 0.2) is 0 Å². The van der Waals surface area contributed by atoms with Gasteiger partial charge < -0.3 is 4.90 Å². The van der Waals surface area contributed by atoms with E-state index in [1.54, 1.807) is 0 Å². The third-order valence-electron chi connectivity index (χ3n) is 4.39. The Bertz CT molecular complexity index is 236. The molecule has 2 fully saturated rings. The minimum Gasteiger partial charge on any atom is -0.300 e. The average molecular weight is 261 g/mol. The molecule has 18 heavy (non-hydrogen) atoms. The molecule has 0 saturated carbocycles. The topological polar surface area (TPSA) is 9.72 Å². The second-order valence-corrected chi connectivity index (χ2v) is 5.58. The van der Waals surface area contributed by atoms with E-state index >= 15 is 0 Å². The van der Waals surface area contributed by atoms with Crippen LogP contribution < -0.4 is 0 Å². The Balaban J connectivity index is 1.78. The first kappa shape index (κ1) is 14.2. The standard InChI is InChI=1S/C13H25F2N3/c1-2-16(13-5-9-18(15)10-6-13)11-12-3-7-17(14)8-4-12/h12-13H,2-11H2,1H3. The van der Waals surface area contributed by atoms with Gasteiger partial charge in [0, 0.05) is 38.8 Å². The molecular formula is C13H25F2N3. The van der Waals surface area contributed by atoms with E-state index in [1.807, 2.05) is 0 Å². The maximum atomic E-state index is 13.0. The van der Waals surface area contributed by atoms with Crippen LogP contribution in [0.2, 0.25) is 0 Å². The van der Waals surface area contributed by atoms with E-state index in [2.05, 4.69) is 11.8 Å². The van der Waals surface area contributed by atoms with Crippen molar-refractivity contribution in [2.45, 2.75) is 38.6 Å². The number of nitrogens with zero attached hydrogens (tertiary/aromatic N) is 3. The van der Waals surface area contributed by atoms with E-state index in [4.69, 9.17) is 0 Å².